The van der Waals surface area contributed by atoms with Gasteiger partial charge in [-0.2, -0.15) is 13.2 Å². The smallest absolute Gasteiger partial charge is 0.166 e. The molecule has 0 saturated carbocycles. The van der Waals surface area contributed by atoms with Crippen molar-refractivity contribution in [2.45, 2.75) is 25.4 Å². The summed E-state index contributed by atoms with van der Waals surface area (Å²) < 4.78 is 37.3. The van der Waals surface area contributed by atoms with Crippen molar-refractivity contribution < 1.29 is 13.2 Å². The lowest BCUT2D eigenvalue weighted by atomic mass is 9.99. The van der Waals surface area contributed by atoms with E-state index in [2.05, 4.69) is 11.8 Å². The summed E-state index contributed by atoms with van der Waals surface area (Å²) in [5.41, 5.74) is 1.12. The van der Waals surface area contributed by atoms with Gasteiger partial charge in [-0.05, 0) is 29.7 Å². The first-order valence-corrected chi connectivity index (χ1v) is 4.72. The minimum atomic E-state index is -4.25. The average molecular weight is 210 g/mol. The minimum absolute atomic E-state index is 0.563. The highest BCUT2D eigenvalue weighted by molar-refractivity contribution is 5.37. The van der Waals surface area contributed by atoms with Crippen molar-refractivity contribution in [2.75, 3.05) is 0 Å². The molecule has 0 saturated heterocycles. The van der Waals surface area contributed by atoms with Crippen LogP contribution in [0.5, 0.6) is 0 Å². The van der Waals surface area contributed by atoms with Crippen molar-refractivity contribution in [1.29, 1.82) is 0 Å². The number of aryl methyl sites for hydroxylation is 1. The van der Waals surface area contributed by atoms with Crippen LogP contribution in [0, 0.1) is 11.8 Å². The quantitative estimate of drug-likeness (QED) is 0.577. The molecule has 0 atom stereocenters. The Labute approximate surface area is 86.1 Å². The van der Waals surface area contributed by atoms with Crippen molar-refractivity contribution in [3.05, 3.63) is 34.9 Å². The Morgan fingerprint density at radius 1 is 1.07 bits per heavy atom. The van der Waals surface area contributed by atoms with E-state index in [-0.39, 0.29) is 0 Å². The zero-order chi connectivity index (χ0) is 10.9. The molecular weight excluding hydrogens is 201 g/mol. The first-order chi connectivity index (χ1) is 7.07. The van der Waals surface area contributed by atoms with Gasteiger partial charge in [0.25, 0.3) is 0 Å². The van der Waals surface area contributed by atoms with E-state index in [4.69, 9.17) is 0 Å². The van der Waals surface area contributed by atoms with E-state index in [1.54, 1.807) is 0 Å². The summed E-state index contributed by atoms with van der Waals surface area (Å²) in [5, 5.41) is 0. The maximum absolute atomic E-state index is 12.4. The largest absolute Gasteiger partial charge is 0.416 e. The summed E-state index contributed by atoms with van der Waals surface area (Å²) in [6.07, 6.45) is -2.42. The van der Waals surface area contributed by atoms with Gasteiger partial charge in [-0.25, -0.2) is 0 Å². The molecule has 3 heteroatoms. The van der Waals surface area contributed by atoms with Crippen molar-refractivity contribution >= 4 is 0 Å². The molecule has 0 radical (unpaired) electrons. The van der Waals surface area contributed by atoms with Crippen LogP contribution in [0.4, 0.5) is 13.2 Å². The second-order valence-electron chi connectivity index (χ2n) is 3.51. The second-order valence-corrected chi connectivity index (χ2v) is 3.51. The van der Waals surface area contributed by atoms with E-state index < -0.39 is 11.7 Å². The van der Waals surface area contributed by atoms with Gasteiger partial charge < -0.3 is 0 Å². The number of halogens is 3. The SMILES string of the molecule is FC(F)(F)c1ccc2c(c1)CCC#CC2. The van der Waals surface area contributed by atoms with Gasteiger partial charge in [0.05, 0.1) is 5.56 Å². The summed E-state index contributed by atoms with van der Waals surface area (Å²) in [4.78, 5) is 0. The van der Waals surface area contributed by atoms with Gasteiger partial charge in [0, 0.05) is 12.8 Å². The fourth-order valence-corrected chi connectivity index (χ4v) is 1.65. The van der Waals surface area contributed by atoms with Crippen LogP contribution in [0.2, 0.25) is 0 Å². The predicted octanol–water partition coefficient (Wildman–Crippen LogP) is 3.20. The monoisotopic (exact) mass is 210 g/mol. The van der Waals surface area contributed by atoms with Crippen molar-refractivity contribution in [3.8, 4) is 11.8 Å². The molecule has 15 heavy (non-hydrogen) atoms. The first kappa shape index (κ1) is 10.1. The highest BCUT2D eigenvalue weighted by Crippen LogP contribution is 2.31. The summed E-state index contributed by atoms with van der Waals surface area (Å²) in [6, 6.07) is 3.91. The fourth-order valence-electron chi connectivity index (χ4n) is 1.65. The number of hydrogen-bond acceptors (Lipinski definition) is 0. The predicted molar refractivity (Wildman–Crippen MR) is 51.2 cm³/mol. The van der Waals surface area contributed by atoms with Gasteiger partial charge in [-0.15, -0.1) is 5.92 Å². The highest BCUT2D eigenvalue weighted by Gasteiger charge is 2.30. The molecule has 1 aliphatic rings. The highest BCUT2D eigenvalue weighted by atomic mass is 19.4. The maximum atomic E-state index is 12.4. The van der Waals surface area contributed by atoms with Gasteiger partial charge in [-0.3, -0.25) is 0 Å². The topological polar surface area (TPSA) is 0 Å². The van der Waals surface area contributed by atoms with Gasteiger partial charge in [0.15, 0.2) is 0 Å². The molecule has 1 aromatic carbocycles. The Kier molecular flexibility index (Phi) is 2.44. The van der Waals surface area contributed by atoms with Crippen LogP contribution in [0.25, 0.3) is 0 Å². The van der Waals surface area contributed by atoms with Crippen molar-refractivity contribution in [1.82, 2.24) is 0 Å². The number of hydrogen-bond donors (Lipinski definition) is 0. The molecule has 0 bridgehead atoms. The molecule has 0 spiro atoms. The van der Waals surface area contributed by atoms with Crippen LogP contribution in [-0.4, -0.2) is 0 Å². The molecule has 1 aliphatic carbocycles. The molecule has 0 heterocycles. The lowest BCUT2D eigenvalue weighted by Gasteiger charge is -2.10. The molecule has 1 aromatic rings. The molecule has 0 N–H and O–H groups in total. The number of alkyl halides is 3. The second kappa shape index (κ2) is 3.62. The number of fused-ring (bicyclic) bond motifs is 1. The summed E-state index contributed by atoms with van der Waals surface area (Å²) in [6.45, 7) is 0. The Balaban J connectivity index is 2.40. The Morgan fingerprint density at radius 2 is 1.87 bits per heavy atom. The van der Waals surface area contributed by atoms with Crippen LogP contribution in [-0.2, 0) is 19.0 Å². The van der Waals surface area contributed by atoms with Crippen LogP contribution in [0.1, 0.15) is 23.1 Å². The van der Waals surface area contributed by atoms with Gasteiger partial charge in [-0.1, -0.05) is 12.0 Å². The van der Waals surface area contributed by atoms with E-state index >= 15 is 0 Å². The third-order valence-corrected chi connectivity index (χ3v) is 2.46. The maximum Gasteiger partial charge on any atom is 0.416 e. The van der Waals surface area contributed by atoms with Gasteiger partial charge in [0.1, 0.15) is 0 Å². The lowest BCUT2D eigenvalue weighted by molar-refractivity contribution is -0.137. The Hall–Kier alpha value is -1.43. The molecule has 0 aliphatic heterocycles. The van der Waals surface area contributed by atoms with Crippen LogP contribution in [0.15, 0.2) is 18.2 Å². The first-order valence-electron chi connectivity index (χ1n) is 4.72. The summed E-state index contributed by atoms with van der Waals surface area (Å²) in [7, 11) is 0. The van der Waals surface area contributed by atoms with E-state index in [9.17, 15) is 13.2 Å². The van der Waals surface area contributed by atoms with Crippen LogP contribution >= 0.6 is 0 Å². The molecule has 0 amide bonds. The number of benzene rings is 1. The molecule has 0 nitrogen and oxygen atoms in total. The van der Waals surface area contributed by atoms with Crippen molar-refractivity contribution in [2.24, 2.45) is 0 Å². The molecule has 2 rings (SSSR count). The standard InChI is InChI=1S/C12H9F3/c13-12(14,15)11-7-6-9-4-2-1-3-5-10(9)8-11/h6-8H,3-5H2. The summed E-state index contributed by atoms with van der Waals surface area (Å²) >= 11 is 0. The van der Waals surface area contributed by atoms with E-state index in [1.165, 1.54) is 12.1 Å². The van der Waals surface area contributed by atoms with Crippen LogP contribution < -0.4 is 0 Å². The fraction of sp³-hybridized carbons (Fsp3) is 0.333. The Morgan fingerprint density at radius 3 is 2.60 bits per heavy atom. The third kappa shape index (κ3) is 2.15. The van der Waals surface area contributed by atoms with Crippen molar-refractivity contribution in [3.63, 3.8) is 0 Å². The molecule has 78 valence electrons. The van der Waals surface area contributed by atoms with Gasteiger partial charge in [0.2, 0.25) is 0 Å². The zero-order valence-electron chi connectivity index (χ0n) is 7.99. The minimum Gasteiger partial charge on any atom is -0.166 e. The van der Waals surface area contributed by atoms with Gasteiger partial charge >= 0.3 is 6.18 Å². The third-order valence-electron chi connectivity index (χ3n) is 2.46. The molecule has 0 unspecified atom stereocenters. The molecule has 0 aromatic heterocycles. The number of rotatable bonds is 0. The summed E-state index contributed by atoms with van der Waals surface area (Å²) in [5.74, 6) is 5.85. The Bertz CT molecular complexity index is 432. The average Bonchev–Trinajstić information content (AvgIpc) is 2.39. The normalized spacial score (nSPS) is 14.9. The lowest BCUT2D eigenvalue weighted by Crippen LogP contribution is -2.06. The van der Waals surface area contributed by atoms with Crippen LogP contribution in [0.3, 0.4) is 0 Å². The molecular formula is C12H9F3. The zero-order valence-corrected chi connectivity index (χ0v) is 7.99. The molecule has 0 fully saturated rings. The van der Waals surface area contributed by atoms with E-state index in [0.29, 0.717) is 19.3 Å². The van der Waals surface area contributed by atoms with E-state index in [1.807, 2.05) is 0 Å². The van der Waals surface area contributed by atoms with E-state index in [0.717, 1.165) is 17.2 Å².